The minimum atomic E-state index is -4.05. The Balaban J connectivity index is 1.60. The van der Waals surface area contributed by atoms with Crippen LogP contribution in [0, 0.1) is 0 Å². The van der Waals surface area contributed by atoms with Crippen molar-refractivity contribution in [1.82, 2.24) is 15.0 Å². The summed E-state index contributed by atoms with van der Waals surface area (Å²) in [6.07, 6.45) is -1.37. The molecule has 1 atom stereocenters. The molecule has 3 aromatic carbocycles. The van der Waals surface area contributed by atoms with Gasteiger partial charge < -0.3 is 31.4 Å². The summed E-state index contributed by atoms with van der Waals surface area (Å²) < 4.78 is 35.5. The van der Waals surface area contributed by atoms with Gasteiger partial charge in [0.1, 0.15) is 10.8 Å². The fourth-order valence-electron chi connectivity index (χ4n) is 4.04. The van der Waals surface area contributed by atoms with E-state index in [2.05, 4.69) is 20.5 Å². The number of carbonyl (C=O) groups excluding carboxylic acids is 1. The SMILES string of the molecule is COc1ccc2nc([C@@H](CNS(=O)(=O)c3cccc(NC(=O)CCNC(=O)O)c3)c3cccc(C(N)=NO)c3)sc2c1. The van der Waals surface area contributed by atoms with Crippen LogP contribution in [0.2, 0.25) is 0 Å². The van der Waals surface area contributed by atoms with Crippen molar-refractivity contribution in [2.45, 2.75) is 17.2 Å². The minimum absolute atomic E-state index is 0.0731. The Morgan fingerprint density at radius 3 is 2.64 bits per heavy atom. The second-order valence-corrected chi connectivity index (χ2v) is 11.8. The first-order chi connectivity index (χ1) is 20.1. The van der Waals surface area contributed by atoms with Crippen molar-refractivity contribution in [2.24, 2.45) is 10.9 Å². The smallest absolute Gasteiger partial charge is 0.404 e. The molecule has 0 fully saturated rings. The number of anilines is 1. The van der Waals surface area contributed by atoms with E-state index in [1.807, 2.05) is 12.1 Å². The lowest BCUT2D eigenvalue weighted by Crippen LogP contribution is -2.29. The molecule has 4 aromatic rings. The molecule has 42 heavy (non-hydrogen) atoms. The van der Waals surface area contributed by atoms with Gasteiger partial charge in [0, 0.05) is 36.7 Å². The summed E-state index contributed by atoms with van der Waals surface area (Å²) >= 11 is 1.39. The molecule has 1 heterocycles. The number of amidine groups is 1. The highest BCUT2D eigenvalue weighted by atomic mass is 32.2. The molecule has 15 heteroatoms. The molecule has 0 bridgehead atoms. The van der Waals surface area contributed by atoms with Gasteiger partial charge in [-0.3, -0.25) is 4.79 Å². The number of carbonyl (C=O) groups is 2. The van der Waals surface area contributed by atoms with Gasteiger partial charge >= 0.3 is 6.09 Å². The van der Waals surface area contributed by atoms with Crippen molar-refractivity contribution in [3.63, 3.8) is 0 Å². The summed E-state index contributed by atoms with van der Waals surface area (Å²) in [4.78, 5) is 27.4. The van der Waals surface area contributed by atoms with Gasteiger partial charge in [0.25, 0.3) is 0 Å². The van der Waals surface area contributed by atoms with Crippen LogP contribution in [0.4, 0.5) is 10.5 Å². The van der Waals surface area contributed by atoms with Gasteiger partial charge in [0.05, 0.1) is 22.2 Å². The number of nitrogens with one attached hydrogen (secondary N) is 3. The third-order valence-electron chi connectivity index (χ3n) is 6.14. The van der Waals surface area contributed by atoms with Gasteiger partial charge in [0.15, 0.2) is 5.84 Å². The number of nitrogens with two attached hydrogens (primary N) is 1. The Bertz CT molecular complexity index is 1740. The van der Waals surface area contributed by atoms with Crippen molar-refractivity contribution in [3.05, 3.63) is 82.9 Å². The summed E-state index contributed by atoms with van der Waals surface area (Å²) in [5.41, 5.74) is 7.90. The number of nitrogens with zero attached hydrogens (tertiary/aromatic N) is 2. The fraction of sp³-hybridized carbons (Fsp3) is 0.185. The van der Waals surface area contributed by atoms with Crippen LogP contribution in [0.3, 0.4) is 0 Å². The third kappa shape index (κ3) is 7.51. The summed E-state index contributed by atoms with van der Waals surface area (Å²) in [7, 11) is -2.49. The fourth-order valence-corrected chi connectivity index (χ4v) is 6.26. The standard InChI is InChI=1S/C27H28N6O7S2/c1-40-19-8-9-22-23(14-19)41-26(32-22)21(16-4-2-5-17(12-16)25(28)33-37)15-30-42(38,39)20-7-3-6-18(13-20)31-24(34)10-11-29-27(35)36/h2-9,12-14,21,29-30,37H,10-11,15H2,1H3,(H2,28,33)(H,31,34)(H,35,36)/t21-/m0/s1. The molecule has 0 aliphatic heterocycles. The summed E-state index contributed by atoms with van der Waals surface area (Å²) in [6, 6.07) is 18.1. The number of benzene rings is 3. The maximum atomic E-state index is 13.4. The molecule has 0 saturated heterocycles. The molecule has 1 aromatic heterocycles. The van der Waals surface area contributed by atoms with Gasteiger partial charge in [-0.25, -0.2) is 22.9 Å². The second kappa shape index (κ2) is 13.3. The molecule has 13 nitrogen and oxygen atoms in total. The van der Waals surface area contributed by atoms with Gasteiger partial charge in [0.2, 0.25) is 15.9 Å². The van der Waals surface area contributed by atoms with E-state index in [1.165, 1.54) is 35.6 Å². The van der Waals surface area contributed by atoms with Gasteiger partial charge in [-0.2, -0.15) is 0 Å². The molecular formula is C27H28N6O7S2. The maximum absolute atomic E-state index is 13.4. The summed E-state index contributed by atoms with van der Waals surface area (Å²) in [6.45, 7) is -0.159. The zero-order valence-corrected chi connectivity index (χ0v) is 23.9. The molecule has 0 aliphatic rings. The van der Waals surface area contributed by atoms with Crippen molar-refractivity contribution in [3.8, 4) is 5.75 Å². The van der Waals surface area contributed by atoms with E-state index in [0.717, 1.165) is 10.2 Å². The van der Waals surface area contributed by atoms with Crippen LogP contribution >= 0.6 is 11.3 Å². The molecular weight excluding hydrogens is 584 g/mol. The average molecular weight is 613 g/mol. The van der Waals surface area contributed by atoms with E-state index in [-0.39, 0.29) is 35.9 Å². The molecule has 0 aliphatic carbocycles. The number of sulfonamides is 1. The van der Waals surface area contributed by atoms with Gasteiger partial charge in [-0.15, -0.1) is 11.3 Å². The number of methoxy groups -OCH3 is 1. The number of thiazole rings is 1. The number of aromatic nitrogens is 1. The van der Waals surface area contributed by atoms with Crippen LogP contribution in [-0.2, 0) is 14.8 Å². The largest absolute Gasteiger partial charge is 0.497 e. The molecule has 0 spiro atoms. The monoisotopic (exact) mass is 612 g/mol. The van der Waals surface area contributed by atoms with Crippen molar-refractivity contribution >= 4 is 55.1 Å². The molecule has 0 unspecified atom stereocenters. The van der Waals surface area contributed by atoms with Crippen molar-refractivity contribution in [2.75, 3.05) is 25.5 Å². The first kappa shape index (κ1) is 30.2. The molecule has 2 amide bonds. The Hall–Kier alpha value is -4.73. The number of oxime groups is 1. The summed E-state index contributed by atoms with van der Waals surface area (Å²) in [5.74, 6) is -0.458. The van der Waals surface area contributed by atoms with Crippen LogP contribution < -0.4 is 25.8 Å². The Kier molecular flexibility index (Phi) is 9.57. The van der Waals surface area contributed by atoms with Gasteiger partial charge in [-0.05, 0) is 48.0 Å². The normalized spacial score (nSPS) is 12.5. The van der Waals surface area contributed by atoms with Gasteiger partial charge in [-0.1, -0.05) is 29.4 Å². The van der Waals surface area contributed by atoms with Crippen LogP contribution in [-0.4, -0.2) is 61.8 Å². The number of fused-ring (bicyclic) bond motifs is 1. The predicted molar refractivity (Wildman–Crippen MR) is 158 cm³/mol. The highest BCUT2D eigenvalue weighted by molar-refractivity contribution is 7.89. The quantitative estimate of drug-likeness (QED) is 0.0601. The van der Waals surface area contributed by atoms with Crippen LogP contribution in [0.5, 0.6) is 5.75 Å². The van der Waals surface area contributed by atoms with E-state index in [4.69, 9.17) is 25.8 Å². The number of ether oxygens (including phenoxy) is 1. The Morgan fingerprint density at radius 1 is 1.12 bits per heavy atom. The van der Waals surface area contributed by atoms with Crippen LogP contribution in [0.15, 0.2) is 76.8 Å². The molecule has 220 valence electrons. The van der Waals surface area contributed by atoms with E-state index in [9.17, 15) is 18.0 Å². The van der Waals surface area contributed by atoms with Crippen LogP contribution in [0.1, 0.15) is 28.5 Å². The molecule has 0 radical (unpaired) electrons. The first-order valence-electron chi connectivity index (χ1n) is 12.5. The number of amides is 2. The lowest BCUT2D eigenvalue weighted by Gasteiger charge is -2.17. The molecule has 0 saturated carbocycles. The number of hydrogen-bond acceptors (Lipinski definition) is 9. The average Bonchev–Trinajstić information content (AvgIpc) is 3.39. The van der Waals surface area contributed by atoms with E-state index < -0.39 is 27.9 Å². The highest BCUT2D eigenvalue weighted by Crippen LogP contribution is 2.34. The number of hydrogen-bond donors (Lipinski definition) is 6. The molecule has 4 rings (SSSR count). The Morgan fingerprint density at radius 2 is 1.90 bits per heavy atom. The topological polar surface area (TPSA) is 205 Å². The van der Waals surface area contributed by atoms with E-state index in [0.29, 0.717) is 21.9 Å². The van der Waals surface area contributed by atoms with Crippen LogP contribution in [0.25, 0.3) is 10.2 Å². The number of rotatable bonds is 12. The van der Waals surface area contributed by atoms with Crippen molar-refractivity contribution < 1.29 is 33.1 Å². The lowest BCUT2D eigenvalue weighted by molar-refractivity contribution is -0.116. The minimum Gasteiger partial charge on any atom is -0.497 e. The third-order valence-corrected chi connectivity index (χ3v) is 8.69. The Labute approximate surface area is 245 Å². The second-order valence-electron chi connectivity index (χ2n) is 8.96. The van der Waals surface area contributed by atoms with E-state index in [1.54, 1.807) is 37.4 Å². The zero-order valence-electron chi connectivity index (χ0n) is 22.3. The first-order valence-corrected chi connectivity index (χ1v) is 14.8. The molecule has 7 N–H and O–H groups in total. The zero-order chi connectivity index (χ0) is 30.3. The predicted octanol–water partition coefficient (Wildman–Crippen LogP) is 3.11. The van der Waals surface area contributed by atoms with E-state index >= 15 is 0 Å². The lowest BCUT2D eigenvalue weighted by atomic mass is 9.97. The number of carboxylic acid groups (broad SMARTS) is 1. The van der Waals surface area contributed by atoms with Crippen molar-refractivity contribution in [1.29, 1.82) is 0 Å². The summed E-state index contributed by atoms with van der Waals surface area (Å²) in [5, 5.41) is 26.1. The maximum Gasteiger partial charge on any atom is 0.404 e. The highest BCUT2D eigenvalue weighted by Gasteiger charge is 2.24.